The van der Waals surface area contributed by atoms with E-state index in [-0.39, 0.29) is 11.8 Å². The second-order valence-electron chi connectivity index (χ2n) is 9.95. The molecule has 3 aromatic carbocycles. The predicted molar refractivity (Wildman–Crippen MR) is 140 cm³/mol. The van der Waals surface area contributed by atoms with E-state index in [4.69, 9.17) is 10.5 Å². The average molecular weight is 484 g/mol. The maximum atomic E-state index is 13.6. The SMILES string of the molecule is CC1CCN(C(=O)OC2c3ccccc3-c3ccccc32)C1(C)C(=O)NCCc1ccc(CN)cc1. The molecular formula is C30H33N3O3. The Kier molecular flexibility index (Phi) is 6.54. The molecule has 6 heteroatoms. The molecule has 0 radical (unpaired) electrons. The second-order valence-corrected chi connectivity index (χ2v) is 9.95. The first-order valence-corrected chi connectivity index (χ1v) is 12.7. The van der Waals surface area contributed by atoms with E-state index in [1.807, 2.05) is 74.5 Å². The fraction of sp³-hybridized carbons (Fsp3) is 0.333. The van der Waals surface area contributed by atoms with Crippen molar-refractivity contribution in [1.82, 2.24) is 10.2 Å². The number of benzene rings is 3. The molecule has 6 nitrogen and oxygen atoms in total. The van der Waals surface area contributed by atoms with Crippen LogP contribution >= 0.6 is 0 Å². The Balaban J connectivity index is 1.29. The molecule has 3 N–H and O–H groups in total. The molecular weight excluding hydrogens is 450 g/mol. The van der Waals surface area contributed by atoms with Crippen LogP contribution in [-0.4, -0.2) is 35.5 Å². The van der Waals surface area contributed by atoms with E-state index in [1.54, 1.807) is 4.90 Å². The maximum Gasteiger partial charge on any atom is 0.411 e. The van der Waals surface area contributed by atoms with E-state index in [2.05, 4.69) is 17.4 Å². The summed E-state index contributed by atoms with van der Waals surface area (Å²) in [5, 5.41) is 3.07. The van der Waals surface area contributed by atoms with Gasteiger partial charge in [-0.2, -0.15) is 0 Å². The number of ether oxygens (including phenoxy) is 1. The molecule has 2 amide bonds. The van der Waals surface area contributed by atoms with Gasteiger partial charge in [-0.05, 0) is 47.9 Å². The van der Waals surface area contributed by atoms with Crippen molar-refractivity contribution in [3.05, 3.63) is 95.1 Å². The molecule has 2 unspecified atom stereocenters. The number of carbonyl (C=O) groups is 2. The number of likely N-dealkylation sites (tertiary alicyclic amines) is 1. The van der Waals surface area contributed by atoms with Crippen LogP contribution in [0, 0.1) is 5.92 Å². The molecule has 1 saturated heterocycles. The summed E-state index contributed by atoms with van der Waals surface area (Å²) in [4.78, 5) is 28.6. The zero-order valence-electron chi connectivity index (χ0n) is 20.9. The molecule has 3 aromatic rings. The molecule has 1 aliphatic heterocycles. The van der Waals surface area contributed by atoms with Crippen LogP contribution < -0.4 is 11.1 Å². The molecule has 1 aliphatic carbocycles. The number of hydrogen-bond donors (Lipinski definition) is 2. The van der Waals surface area contributed by atoms with Gasteiger partial charge in [0, 0.05) is 30.8 Å². The van der Waals surface area contributed by atoms with Gasteiger partial charge in [-0.25, -0.2) is 4.79 Å². The first kappa shape index (κ1) is 24.1. The molecule has 2 atom stereocenters. The third-order valence-corrected chi connectivity index (χ3v) is 7.94. The zero-order chi connectivity index (χ0) is 25.3. The van der Waals surface area contributed by atoms with Gasteiger partial charge in [0.2, 0.25) is 5.91 Å². The number of rotatable bonds is 6. The fourth-order valence-corrected chi connectivity index (χ4v) is 5.47. The summed E-state index contributed by atoms with van der Waals surface area (Å²) < 4.78 is 6.13. The quantitative estimate of drug-likeness (QED) is 0.527. The van der Waals surface area contributed by atoms with E-state index >= 15 is 0 Å². The monoisotopic (exact) mass is 483 g/mol. The Bertz CT molecular complexity index is 1230. The van der Waals surface area contributed by atoms with Crippen LogP contribution in [0.3, 0.4) is 0 Å². The Hall–Kier alpha value is -3.64. The summed E-state index contributed by atoms with van der Waals surface area (Å²) in [5.74, 6) is -0.132. The molecule has 2 aliphatic rings. The van der Waals surface area contributed by atoms with Crippen LogP contribution in [0.1, 0.15) is 48.6 Å². The van der Waals surface area contributed by atoms with Gasteiger partial charge in [0.25, 0.3) is 0 Å². The summed E-state index contributed by atoms with van der Waals surface area (Å²) in [6.45, 7) is 5.37. The first-order chi connectivity index (χ1) is 17.4. The molecule has 0 saturated carbocycles. The molecule has 0 spiro atoms. The Labute approximate surface area is 212 Å². The van der Waals surface area contributed by atoms with Crippen molar-refractivity contribution in [3.63, 3.8) is 0 Å². The van der Waals surface area contributed by atoms with E-state index in [1.165, 1.54) is 0 Å². The van der Waals surface area contributed by atoms with E-state index < -0.39 is 17.7 Å². The minimum atomic E-state index is -0.974. The fourth-order valence-electron chi connectivity index (χ4n) is 5.47. The van der Waals surface area contributed by atoms with Gasteiger partial charge in [0.1, 0.15) is 5.54 Å². The highest BCUT2D eigenvalue weighted by atomic mass is 16.6. The number of nitrogens with two attached hydrogens (primary N) is 1. The van der Waals surface area contributed by atoms with Gasteiger partial charge in [-0.15, -0.1) is 0 Å². The van der Waals surface area contributed by atoms with Crippen LogP contribution in [0.2, 0.25) is 0 Å². The standard InChI is InChI=1S/C30H33N3O3/c1-20-16-18-33(30(20,2)28(34)32-17-15-21-11-13-22(19-31)14-12-21)29(35)36-27-25-9-5-3-7-23(25)24-8-4-6-10-26(24)27/h3-14,20,27H,15-19,31H2,1-2H3,(H,32,34). The molecule has 1 heterocycles. The lowest BCUT2D eigenvalue weighted by Gasteiger charge is -2.36. The average Bonchev–Trinajstić information content (AvgIpc) is 3.39. The summed E-state index contributed by atoms with van der Waals surface area (Å²) in [6, 6.07) is 24.1. The summed E-state index contributed by atoms with van der Waals surface area (Å²) in [6.07, 6.45) is 0.522. The predicted octanol–water partition coefficient (Wildman–Crippen LogP) is 4.81. The normalized spacial score (nSPS) is 20.6. The van der Waals surface area contributed by atoms with E-state index in [9.17, 15) is 9.59 Å². The summed E-state index contributed by atoms with van der Waals surface area (Å²) in [7, 11) is 0. The largest absolute Gasteiger partial charge is 0.436 e. The second kappa shape index (κ2) is 9.78. The van der Waals surface area contributed by atoms with E-state index in [0.29, 0.717) is 26.1 Å². The van der Waals surface area contributed by atoms with Crippen molar-refractivity contribution in [2.75, 3.05) is 13.1 Å². The van der Waals surface area contributed by atoms with Crippen molar-refractivity contribution in [2.45, 2.75) is 44.9 Å². The highest BCUT2D eigenvalue weighted by Crippen LogP contribution is 2.46. The van der Waals surface area contributed by atoms with Crippen LogP contribution in [0.4, 0.5) is 4.79 Å². The Morgan fingerprint density at radius 1 is 0.972 bits per heavy atom. The van der Waals surface area contributed by atoms with Crippen LogP contribution in [0.15, 0.2) is 72.8 Å². The lowest BCUT2D eigenvalue weighted by Crippen LogP contribution is -2.58. The van der Waals surface area contributed by atoms with Gasteiger partial charge < -0.3 is 15.8 Å². The molecule has 5 rings (SSSR count). The molecule has 0 bridgehead atoms. The van der Waals surface area contributed by atoms with Gasteiger partial charge in [-0.1, -0.05) is 79.7 Å². The Morgan fingerprint density at radius 2 is 1.56 bits per heavy atom. The first-order valence-electron chi connectivity index (χ1n) is 12.7. The number of amides is 2. The van der Waals surface area contributed by atoms with Crippen LogP contribution in [-0.2, 0) is 22.5 Å². The number of fused-ring (bicyclic) bond motifs is 3. The molecule has 186 valence electrons. The van der Waals surface area contributed by atoms with Gasteiger partial charge in [-0.3, -0.25) is 9.69 Å². The smallest absolute Gasteiger partial charge is 0.411 e. The lowest BCUT2D eigenvalue weighted by atomic mass is 9.87. The van der Waals surface area contributed by atoms with Crippen molar-refractivity contribution < 1.29 is 14.3 Å². The minimum absolute atomic E-state index is 0.0111. The topological polar surface area (TPSA) is 84.7 Å². The Morgan fingerprint density at radius 3 is 2.17 bits per heavy atom. The van der Waals surface area contributed by atoms with Gasteiger partial charge >= 0.3 is 6.09 Å². The maximum absolute atomic E-state index is 13.6. The van der Waals surface area contributed by atoms with Gasteiger partial charge in [0.05, 0.1) is 0 Å². The highest BCUT2D eigenvalue weighted by Gasteiger charge is 2.52. The lowest BCUT2D eigenvalue weighted by molar-refractivity contribution is -0.132. The zero-order valence-corrected chi connectivity index (χ0v) is 20.9. The number of nitrogens with zero attached hydrogens (tertiary/aromatic N) is 1. The summed E-state index contributed by atoms with van der Waals surface area (Å²) >= 11 is 0. The highest BCUT2D eigenvalue weighted by molar-refractivity contribution is 5.91. The van der Waals surface area contributed by atoms with Crippen molar-refractivity contribution in [2.24, 2.45) is 11.7 Å². The number of hydrogen-bond acceptors (Lipinski definition) is 4. The molecule has 1 fully saturated rings. The third kappa shape index (κ3) is 4.16. The minimum Gasteiger partial charge on any atom is -0.436 e. The van der Waals surface area contributed by atoms with Crippen molar-refractivity contribution in [3.8, 4) is 11.1 Å². The molecule has 0 aromatic heterocycles. The summed E-state index contributed by atoms with van der Waals surface area (Å²) in [5.41, 5.74) is 11.0. The molecule has 36 heavy (non-hydrogen) atoms. The van der Waals surface area contributed by atoms with Crippen molar-refractivity contribution in [1.29, 1.82) is 0 Å². The van der Waals surface area contributed by atoms with Crippen LogP contribution in [0.5, 0.6) is 0 Å². The van der Waals surface area contributed by atoms with E-state index in [0.717, 1.165) is 39.8 Å². The number of nitrogens with one attached hydrogen (secondary N) is 1. The third-order valence-electron chi connectivity index (χ3n) is 7.94. The van der Waals surface area contributed by atoms with Crippen molar-refractivity contribution >= 4 is 12.0 Å². The van der Waals surface area contributed by atoms with Crippen LogP contribution in [0.25, 0.3) is 11.1 Å². The van der Waals surface area contributed by atoms with Gasteiger partial charge in [0.15, 0.2) is 6.10 Å². The number of carbonyl (C=O) groups excluding carboxylic acids is 2.